The summed E-state index contributed by atoms with van der Waals surface area (Å²) >= 11 is 0. The Hall–Kier alpha value is -1.11. The first kappa shape index (κ1) is 18.2. The van der Waals surface area contributed by atoms with E-state index >= 15 is 0 Å². The molecule has 6 heteroatoms. The molecule has 1 N–H and O–H groups in total. The van der Waals surface area contributed by atoms with Gasteiger partial charge in [0.2, 0.25) is 10.0 Å². The van der Waals surface area contributed by atoms with Crippen LogP contribution in [0.2, 0.25) is 0 Å². The van der Waals surface area contributed by atoms with Crippen LogP contribution in [0.15, 0.2) is 24.3 Å². The Labute approximate surface area is 139 Å². The lowest BCUT2D eigenvalue weighted by molar-refractivity contribution is 0.136. The zero-order chi connectivity index (χ0) is 16.7. The highest BCUT2D eigenvalue weighted by Gasteiger charge is 2.16. The molecule has 0 heterocycles. The maximum Gasteiger partial charge on any atom is 0.214 e. The van der Waals surface area contributed by atoms with E-state index in [1.54, 1.807) is 6.92 Å². The molecule has 1 aliphatic rings. The SMILES string of the molecule is COC(C)CS(=O)(=O)NCc1ccc(OC2CCCCC2)cc1. The van der Waals surface area contributed by atoms with E-state index in [2.05, 4.69) is 4.72 Å². The largest absolute Gasteiger partial charge is 0.490 e. The zero-order valence-electron chi connectivity index (χ0n) is 14.0. The average molecular weight is 341 g/mol. The summed E-state index contributed by atoms with van der Waals surface area (Å²) in [5.74, 6) is 0.823. The molecule has 0 amide bonds. The summed E-state index contributed by atoms with van der Waals surface area (Å²) in [5, 5.41) is 0. The fourth-order valence-corrected chi connectivity index (χ4v) is 3.95. The Bertz CT molecular complexity index is 565. The summed E-state index contributed by atoms with van der Waals surface area (Å²) in [6.07, 6.45) is 6.04. The van der Waals surface area contributed by atoms with Crippen LogP contribution in [-0.4, -0.2) is 33.5 Å². The summed E-state index contributed by atoms with van der Waals surface area (Å²) in [5.41, 5.74) is 0.912. The molecule has 2 rings (SSSR count). The lowest BCUT2D eigenvalue weighted by atomic mass is 9.98. The van der Waals surface area contributed by atoms with Crippen LogP contribution >= 0.6 is 0 Å². The summed E-state index contributed by atoms with van der Waals surface area (Å²) in [4.78, 5) is 0. The van der Waals surface area contributed by atoms with Crippen LogP contribution in [0.5, 0.6) is 5.75 Å². The standard InChI is InChI=1S/C17H27NO4S/c1-14(21-2)13-23(19,20)18-12-15-8-10-17(11-9-15)22-16-6-4-3-5-7-16/h8-11,14,16,18H,3-7,12-13H2,1-2H3. The molecule has 1 atom stereocenters. The predicted octanol–water partition coefficient (Wildman–Crippen LogP) is 2.85. The van der Waals surface area contributed by atoms with E-state index in [-0.39, 0.29) is 18.4 Å². The Morgan fingerprint density at radius 1 is 1.17 bits per heavy atom. The first-order valence-electron chi connectivity index (χ1n) is 8.24. The predicted molar refractivity (Wildman–Crippen MR) is 91.0 cm³/mol. The summed E-state index contributed by atoms with van der Waals surface area (Å²) in [6.45, 7) is 2.01. The second-order valence-electron chi connectivity index (χ2n) is 6.17. The summed E-state index contributed by atoms with van der Waals surface area (Å²) in [6, 6.07) is 7.63. The lowest BCUT2D eigenvalue weighted by Crippen LogP contribution is -2.31. The maximum atomic E-state index is 11.9. The summed E-state index contributed by atoms with van der Waals surface area (Å²) in [7, 11) is -1.82. The molecule has 1 aliphatic carbocycles. The molecule has 0 radical (unpaired) electrons. The quantitative estimate of drug-likeness (QED) is 0.790. The van der Waals surface area contributed by atoms with Crippen molar-refractivity contribution in [3.8, 4) is 5.75 Å². The molecule has 23 heavy (non-hydrogen) atoms. The molecule has 1 saturated carbocycles. The van der Waals surface area contributed by atoms with E-state index in [0.29, 0.717) is 6.10 Å². The van der Waals surface area contributed by atoms with E-state index in [1.165, 1.54) is 26.4 Å². The van der Waals surface area contributed by atoms with Gasteiger partial charge in [-0.3, -0.25) is 0 Å². The minimum atomic E-state index is -3.33. The minimum Gasteiger partial charge on any atom is -0.490 e. The molecule has 0 spiro atoms. The first-order valence-corrected chi connectivity index (χ1v) is 9.89. The highest BCUT2D eigenvalue weighted by molar-refractivity contribution is 7.89. The van der Waals surface area contributed by atoms with Crippen molar-refractivity contribution in [2.24, 2.45) is 0 Å². The van der Waals surface area contributed by atoms with Gasteiger partial charge in [0.05, 0.1) is 18.0 Å². The van der Waals surface area contributed by atoms with Crippen LogP contribution < -0.4 is 9.46 Å². The van der Waals surface area contributed by atoms with Crippen molar-refractivity contribution in [1.82, 2.24) is 4.72 Å². The van der Waals surface area contributed by atoms with Gasteiger partial charge >= 0.3 is 0 Å². The second-order valence-corrected chi connectivity index (χ2v) is 8.02. The number of benzene rings is 1. The van der Waals surface area contributed by atoms with Gasteiger partial charge in [0.1, 0.15) is 5.75 Å². The van der Waals surface area contributed by atoms with E-state index in [9.17, 15) is 8.42 Å². The van der Waals surface area contributed by atoms with E-state index in [0.717, 1.165) is 24.2 Å². The molecule has 0 bridgehead atoms. The Kier molecular flexibility index (Phi) is 6.87. The van der Waals surface area contributed by atoms with E-state index < -0.39 is 10.0 Å². The molecule has 1 unspecified atom stereocenters. The van der Waals surface area contributed by atoms with Gasteiger partial charge in [0, 0.05) is 13.7 Å². The molecule has 1 aromatic carbocycles. The van der Waals surface area contributed by atoms with Crippen molar-refractivity contribution >= 4 is 10.0 Å². The molecule has 1 aromatic rings. The fraction of sp³-hybridized carbons (Fsp3) is 0.647. The van der Waals surface area contributed by atoms with E-state index in [4.69, 9.17) is 9.47 Å². The number of rotatable bonds is 8. The van der Waals surface area contributed by atoms with Crippen molar-refractivity contribution < 1.29 is 17.9 Å². The van der Waals surface area contributed by atoms with Crippen LogP contribution in [0.25, 0.3) is 0 Å². The highest BCUT2D eigenvalue weighted by Crippen LogP contribution is 2.23. The topological polar surface area (TPSA) is 64.6 Å². The molecule has 130 valence electrons. The van der Waals surface area contributed by atoms with Crippen LogP contribution in [0.3, 0.4) is 0 Å². The first-order chi connectivity index (χ1) is 11.0. The van der Waals surface area contributed by atoms with E-state index in [1.807, 2.05) is 24.3 Å². The average Bonchev–Trinajstić information content (AvgIpc) is 2.55. The van der Waals surface area contributed by atoms with Gasteiger partial charge in [-0.2, -0.15) is 0 Å². The van der Waals surface area contributed by atoms with Gasteiger partial charge in [0.15, 0.2) is 0 Å². The Balaban J connectivity index is 1.82. The van der Waals surface area contributed by atoms with Crippen molar-refractivity contribution in [2.75, 3.05) is 12.9 Å². The molecular formula is C17H27NO4S. The normalized spacial score (nSPS) is 17.8. The molecule has 0 aliphatic heterocycles. The Morgan fingerprint density at radius 3 is 2.43 bits per heavy atom. The van der Waals surface area contributed by atoms with Crippen LogP contribution in [0.4, 0.5) is 0 Å². The molecule has 0 saturated heterocycles. The number of nitrogens with one attached hydrogen (secondary N) is 1. The third-order valence-electron chi connectivity index (χ3n) is 4.13. The Morgan fingerprint density at radius 2 is 1.83 bits per heavy atom. The van der Waals surface area contributed by atoms with Crippen LogP contribution in [0.1, 0.15) is 44.6 Å². The third-order valence-corrected chi connectivity index (χ3v) is 5.62. The number of methoxy groups -OCH3 is 1. The van der Waals surface area contributed by atoms with Crippen LogP contribution in [-0.2, 0) is 21.3 Å². The smallest absolute Gasteiger partial charge is 0.214 e. The van der Waals surface area contributed by atoms with Gasteiger partial charge < -0.3 is 9.47 Å². The minimum absolute atomic E-state index is 0.0353. The molecule has 5 nitrogen and oxygen atoms in total. The van der Waals surface area contributed by atoms with Gasteiger partial charge in [-0.1, -0.05) is 18.6 Å². The van der Waals surface area contributed by atoms with Crippen molar-refractivity contribution in [3.63, 3.8) is 0 Å². The highest BCUT2D eigenvalue weighted by atomic mass is 32.2. The zero-order valence-corrected chi connectivity index (χ0v) is 14.8. The molecule has 1 fully saturated rings. The van der Waals surface area contributed by atoms with Crippen molar-refractivity contribution in [3.05, 3.63) is 29.8 Å². The molecular weight excluding hydrogens is 314 g/mol. The van der Waals surface area contributed by atoms with Gasteiger partial charge in [-0.05, 0) is 50.3 Å². The fourth-order valence-electron chi connectivity index (χ4n) is 2.69. The maximum absolute atomic E-state index is 11.9. The lowest BCUT2D eigenvalue weighted by Gasteiger charge is -2.23. The number of hydrogen-bond acceptors (Lipinski definition) is 4. The van der Waals surface area contributed by atoms with Crippen molar-refractivity contribution in [1.29, 1.82) is 0 Å². The van der Waals surface area contributed by atoms with Gasteiger partial charge in [-0.15, -0.1) is 0 Å². The third kappa shape index (κ3) is 6.49. The van der Waals surface area contributed by atoms with Crippen LogP contribution in [0, 0.1) is 0 Å². The monoisotopic (exact) mass is 341 g/mol. The van der Waals surface area contributed by atoms with Gasteiger partial charge in [-0.25, -0.2) is 13.1 Å². The van der Waals surface area contributed by atoms with Gasteiger partial charge in [0.25, 0.3) is 0 Å². The number of ether oxygens (including phenoxy) is 2. The number of sulfonamides is 1. The molecule has 0 aromatic heterocycles. The summed E-state index contributed by atoms with van der Waals surface area (Å²) < 4.78 is 37.3. The second kappa shape index (κ2) is 8.66. The number of hydrogen-bond donors (Lipinski definition) is 1. The van der Waals surface area contributed by atoms with Crippen molar-refractivity contribution in [2.45, 2.75) is 57.8 Å².